The molecule has 26 heavy (non-hydrogen) atoms. The third-order valence-corrected chi connectivity index (χ3v) is 5.16. The van der Waals surface area contributed by atoms with Crippen LogP contribution in [0.2, 0.25) is 0 Å². The van der Waals surface area contributed by atoms with Gasteiger partial charge in [0.2, 0.25) is 15.9 Å². The highest BCUT2D eigenvalue weighted by atomic mass is 32.2. The van der Waals surface area contributed by atoms with Crippen molar-refractivity contribution in [2.24, 2.45) is 5.92 Å². The molecule has 0 aromatic heterocycles. The maximum atomic E-state index is 12.1. The van der Waals surface area contributed by atoms with E-state index in [9.17, 15) is 18.0 Å². The van der Waals surface area contributed by atoms with Crippen molar-refractivity contribution in [1.29, 1.82) is 0 Å². The van der Waals surface area contributed by atoms with E-state index in [4.69, 9.17) is 9.84 Å². The third kappa shape index (κ3) is 6.21. The Hall–Kier alpha value is -2.29. The summed E-state index contributed by atoms with van der Waals surface area (Å²) in [6.07, 6.45) is 1.35. The minimum absolute atomic E-state index is 0.0116. The molecule has 0 saturated heterocycles. The molecule has 0 aliphatic heterocycles. The van der Waals surface area contributed by atoms with Crippen molar-refractivity contribution in [3.8, 4) is 5.75 Å². The third-order valence-electron chi connectivity index (χ3n) is 3.97. The molecule has 1 saturated carbocycles. The van der Waals surface area contributed by atoms with Crippen LogP contribution in [0, 0.1) is 5.92 Å². The molecule has 1 aromatic carbocycles. The molecule has 2 atom stereocenters. The number of amides is 1. The summed E-state index contributed by atoms with van der Waals surface area (Å²) in [4.78, 5) is 22.9. The van der Waals surface area contributed by atoms with Crippen molar-refractivity contribution in [2.75, 3.05) is 10.5 Å². The summed E-state index contributed by atoms with van der Waals surface area (Å²) in [7, 11) is -3.86. The highest BCUT2D eigenvalue weighted by Gasteiger charge is 2.31. The molecule has 3 N–H and O–H groups in total. The fourth-order valence-corrected chi connectivity index (χ4v) is 3.86. The van der Waals surface area contributed by atoms with Gasteiger partial charge in [-0.2, -0.15) is 0 Å². The summed E-state index contributed by atoms with van der Waals surface area (Å²) in [5, 5.41) is 11.6. The van der Waals surface area contributed by atoms with Crippen LogP contribution in [0.4, 0.5) is 5.69 Å². The smallest absolute Gasteiger partial charge is 0.306 e. The van der Waals surface area contributed by atoms with E-state index in [0.29, 0.717) is 30.7 Å². The van der Waals surface area contributed by atoms with Gasteiger partial charge in [-0.25, -0.2) is 8.42 Å². The average molecular weight is 384 g/mol. The quantitative estimate of drug-likeness (QED) is 0.626. The maximum absolute atomic E-state index is 12.1. The molecule has 0 spiro atoms. The summed E-state index contributed by atoms with van der Waals surface area (Å²) in [6.45, 7) is 3.77. The molecule has 9 heteroatoms. The van der Waals surface area contributed by atoms with Crippen LogP contribution in [0.1, 0.15) is 33.1 Å². The lowest BCUT2D eigenvalue weighted by Crippen LogP contribution is -2.38. The zero-order valence-corrected chi connectivity index (χ0v) is 15.6. The van der Waals surface area contributed by atoms with Crippen LogP contribution in [-0.4, -0.2) is 43.3 Å². The molecule has 0 unspecified atom stereocenters. The van der Waals surface area contributed by atoms with E-state index < -0.39 is 33.6 Å². The number of hydrogen-bond acceptors (Lipinski definition) is 5. The Bertz CT molecular complexity index is 745. The number of carbonyl (C=O) groups excluding carboxylic acids is 1. The number of anilines is 1. The highest BCUT2D eigenvalue weighted by molar-refractivity contribution is 7.93. The SMILES string of the molecule is CC(C)Oc1ccc(NS(=O)(=O)CC(=O)N[C@H]2CC[C@@H](C(=O)O)C2)cc1. The van der Waals surface area contributed by atoms with Crippen molar-refractivity contribution in [1.82, 2.24) is 5.32 Å². The van der Waals surface area contributed by atoms with Crippen LogP contribution in [0.5, 0.6) is 5.75 Å². The predicted octanol–water partition coefficient (Wildman–Crippen LogP) is 1.58. The summed E-state index contributed by atoms with van der Waals surface area (Å²) < 4.78 is 32.1. The number of rotatable bonds is 8. The first kappa shape index (κ1) is 20.0. The van der Waals surface area contributed by atoms with Crippen molar-refractivity contribution in [2.45, 2.75) is 45.3 Å². The zero-order chi connectivity index (χ0) is 19.3. The number of carboxylic acid groups (broad SMARTS) is 1. The Morgan fingerprint density at radius 1 is 1.23 bits per heavy atom. The molecule has 1 amide bonds. The summed E-state index contributed by atoms with van der Waals surface area (Å²) in [5.74, 6) is -2.11. The first-order valence-electron chi connectivity index (χ1n) is 8.44. The van der Waals surface area contributed by atoms with Crippen LogP contribution in [0.3, 0.4) is 0 Å². The molecule has 1 aromatic rings. The number of ether oxygens (including phenoxy) is 1. The Labute approximate surface area is 153 Å². The molecule has 8 nitrogen and oxygen atoms in total. The molecule has 0 radical (unpaired) electrons. The molecule has 144 valence electrons. The summed E-state index contributed by atoms with van der Waals surface area (Å²) >= 11 is 0. The second kappa shape index (κ2) is 8.39. The van der Waals surface area contributed by atoms with Gasteiger partial charge in [0.05, 0.1) is 12.0 Å². The monoisotopic (exact) mass is 384 g/mol. The van der Waals surface area contributed by atoms with Gasteiger partial charge in [0.1, 0.15) is 11.5 Å². The Kier molecular flexibility index (Phi) is 6.47. The fraction of sp³-hybridized carbons (Fsp3) is 0.529. The average Bonchev–Trinajstić information content (AvgIpc) is 2.96. The Morgan fingerprint density at radius 3 is 2.42 bits per heavy atom. The maximum Gasteiger partial charge on any atom is 0.306 e. The number of nitrogens with one attached hydrogen (secondary N) is 2. The van der Waals surface area contributed by atoms with E-state index in [-0.39, 0.29) is 12.1 Å². The Morgan fingerprint density at radius 2 is 1.88 bits per heavy atom. The van der Waals surface area contributed by atoms with E-state index in [1.54, 1.807) is 24.3 Å². The van der Waals surface area contributed by atoms with Crippen LogP contribution < -0.4 is 14.8 Å². The molecule has 1 fully saturated rings. The lowest BCUT2D eigenvalue weighted by atomic mass is 10.1. The molecule has 0 bridgehead atoms. The van der Waals surface area contributed by atoms with Gasteiger partial charge in [0, 0.05) is 11.7 Å². The van der Waals surface area contributed by atoms with Crippen molar-refractivity contribution in [3.63, 3.8) is 0 Å². The van der Waals surface area contributed by atoms with E-state index in [2.05, 4.69) is 10.0 Å². The summed E-state index contributed by atoms with van der Waals surface area (Å²) in [5.41, 5.74) is 0.334. The molecular formula is C17H24N2O6S. The number of hydrogen-bond donors (Lipinski definition) is 3. The van der Waals surface area contributed by atoms with Crippen molar-refractivity contribution >= 4 is 27.6 Å². The molecular weight excluding hydrogens is 360 g/mol. The molecule has 1 aliphatic carbocycles. The normalized spacial score (nSPS) is 20.0. The van der Waals surface area contributed by atoms with Gasteiger partial charge in [-0.15, -0.1) is 0 Å². The van der Waals surface area contributed by atoms with E-state index in [1.807, 2.05) is 13.8 Å². The van der Waals surface area contributed by atoms with Gasteiger partial charge in [-0.1, -0.05) is 0 Å². The number of aliphatic carboxylic acids is 1. The topological polar surface area (TPSA) is 122 Å². The lowest BCUT2D eigenvalue weighted by molar-refractivity contribution is -0.141. The van der Waals surface area contributed by atoms with Crippen molar-refractivity contribution < 1.29 is 27.9 Å². The predicted molar refractivity (Wildman–Crippen MR) is 96.5 cm³/mol. The second-order valence-electron chi connectivity index (χ2n) is 6.66. The van der Waals surface area contributed by atoms with Crippen LogP contribution in [-0.2, 0) is 19.6 Å². The van der Waals surface area contributed by atoms with Gasteiger partial charge >= 0.3 is 5.97 Å². The van der Waals surface area contributed by atoms with E-state index in [1.165, 1.54) is 0 Å². The number of benzene rings is 1. The van der Waals surface area contributed by atoms with Gasteiger partial charge < -0.3 is 15.2 Å². The van der Waals surface area contributed by atoms with Crippen molar-refractivity contribution in [3.05, 3.63) is 24.3 Å². The first-order chi connectivity index (χ1) is 12.1. The summed E-state index contributed by atoms with van der Waals surface area (Å²) in [6, 6.07) is 6.10. The standard InChI is InChI=1S/C17H24N2O6S/c1-11(2)25-15-7-5-13(6-8-15)19-26(23,24)10-16(20)18-14-4-3-12(9-14)17(21)22/h5-8,11-12,14,19H,3-4,9-10H2,1-2H3,(H,18,20)(H,21,22)/t12-,14+/m1/s1. The van der Waals surface area contributed by atoms with Gasteiger partial charge in [-0.3, -0.25) is 14.3 Å². The van der Waals surface area contributed by atoms with E-state index in [0.717, 1.165) is 0 Å². The van der Waals surface area contributed by atoms with Crippen LogP contribution in [0.25, 0.3) is 0 Å². The van der Waals surface area contributed by atoms with Gasteiger partial charge in [-0.05, 0) is 57.4 Å². The second-order valence-corrected chi connectivity index (χ2v) is 8.39. The number of carboxylic acids is 1. The minimum atomic E-state index is -3.86. The van der Waals surface area contributed by atoms with Crippen LogP contribution in [0.15, 0.2) is 24.3 Å². The minimum Gasteiger partial charge on any atom is -0.491 e. The number of carbonyl (C=O) groups is 2. The lowest BCUT2D eigenvalue weighted by Gasteiger charge is -2.14. The number of sulfonamides is 1. The van der Waals surface area contributed by atoms with Gasteiger partial charge in [0.15, 0.2) is 0 Å². The molecule has 2 rings (SSSR count). The fourth-order valence-electron chi connectivity index (χ4n) is 2.87. The zero-order valence-electron chi connectivity index (χ0n) is 14.8. The van der Waals surface area contributed by atoms with Gasteiger partial charge in [0.25, 0.3) is 0 Å². The molecule has 1 aliphatic rings. The van der Waals surface area contributed by atoms with E-state index >= 15 is 0 Å². The van der Waals surface area contributed by atoms with Crippen LogP contribution >= 0.6 is 0 Å². The highest BCUT2D eigenvalue weighted by Crippen LogP contribution is 2.25. The Balaban J connectivity index is 1.86. The largest absolute Gasteiger partial charge is 0.491 e. The first-order valence-corrected chi connectivity index (χ1v) is 10.1. The molecule has 0 heterocycles.